The van der Waals surface area contributed by atoms with Crippen molar-refractivity contribution in [3.8, 4) is 0 Å². The fraction of sp³-hybridized carbons (Fsp3) is 0.462. The minimum absolute atomic E-state index is 0.209. The molecular weight excluding hydrogens is 244 g/mol. The molecule has 3 heterocycles. The Kier molecular flexibility index (Phi) is 2.94. The first-order valence-corrected chi connectivity index (χ1v) is 6.45. The molecule has 6 nitrogen and oxygen atoms in total. The van der Waals surface area contributed by atoms with Crippen molar-refractivity contribution < 1.29 is 9.90 Å². The highest BCUT2D eigenvalue weighted by molar-refractivity contribution is 5.92. The Morgan fingerprint density at radius 1 is 1.47 bits per heavy atom. The first-order chi connectivity index (χ1) is 9.16. The fourth-order valence-electron chi connectivity index (χ4n) is 2.63. The fourth-order valence-corrected chi connectivity index (χ4v) is 2.63. The largest absolute Gasteiger partial charge is 0.478 e. The van der Waals surface area contributed by atoms with Crippen LogP contribution in [0.5, 0.6) is 0 Å². The Hall–Kier alpha value is -1.95. The van der Waals surface area contributed by atoms with Crippen LogP contribution >= 0.6 is 0 Å². The maximum absolute atomic E-state index is 11.0. The third-order valence-electron chi connectivity index (χ3n) is 3.70. The van der Waals surface area contributed by atoms with E-state index < -0.39 is 5.97 Å². The number of piperidine rings is 1. The number of aromatic carboxylic acids is 1. The highest BCUT2D eigenvalue weighted by Crippen LogP contribution is 2.25. The summed E-state index contributed by atoms with van der Waals surface area (Å²) in [6, 6.07) is 2.04. The zero-order valence-electron chi connectivity index (χ0n) is 10.8. The summed E-state index contributed by atoms with van der Waals surface area (Å²) >= 11 is 0. The number of carbonyl (C=O) groups is 1. The molecule has 1 fully saturated rings. The van der Waals surface area contributed by atoms with E-state index in [1.54, 1.807) is 6.07 Å². The van der Waals surface area contributed by atoms with Gasteiger partial charge in [-0.25, -0.2) is 9.78 Å². The van der Waals surface area contributed by atoms with Crippen LogP contribution in [0.1, 0.15) is 34.9 Å². The molecule has 0 spiro atoms. The molecule has 2 aromatic heterocycles. The summed E-state index contributed by atoms with van der Waals surface area (Å²) in [4.78, 5) is 15.1. The van der Waals surface area contributed by atoms with Gasteiger partial charge >= 0.3 is 5.97 Å². The van der Waals surface area contributed by atoms with Gasteiger partial charge in [0.15, 0.2) is 5.65 Å². The van der Waals surface area contributed by atoms with E-state index >= 15 is 0 Å². The minimum Gasteiger partial charge on any atom is -0.478 e. The normalized spacial score (nSPS) is 16.9. The van der Waals surface area contributed by atoms with Gasteiger partial charge in [-0.3, -0.25) is 4.68 Å². The summed E-state index contributed by atoms with van der Waals surface area (Å²) in [5, 5.41) is 17.7. The van der Waals surface area contributed by atoms with E-state index in [2.05, 4.69) is 15.4 Å². The van der Waals surface area contributed by atoms with Crippen LogP contribution in [0.2, 0.25) is 0 Å². The van der Waals surface area contributed by atoms with Crippen LogP contribution in [0, 0.1) is 6.92 Å². The number of aromatic nitrogens is 3. The Morgan fingerprint density at radius 2 is 2.21 bits per heavy atom. The molecule has 1 aliphatic rings. The molecule has 0 aliphatic carbocycles. The molecule has 0 amide bonds. The Labute approximate surface area is 110 Å². The van der Waals surface area contributed by atoms with Gasteiger partial charge in [0.05, 0.1) is 11.6 Å². The Balaban J connectivity index is 2.06. The molecular formula is C13H16N4O2. The molecule has 0 atom stereocenters. The second-order valence-electron chi connectivity index (χ2n) is 4.91. The maximum atomic E-state index is 11.0. The highest BCUT2D eigenvalue weighted by Gasteiger charge is 2.20. The molecule has 1 saturated heterocycles. The average molecular weight is 260 g/mol. The van der Waals surface area contributed by atoms with Gasteiger partial charge in [-0.05, 0) is 38.9 Å². The van der Waals surface area contributed by atoms with Crippen molar-refractivity contribution in [3.05, 3.63) is 23.5 Å². The lowest BCUT2D eigenvalue weighted by molar-refractivity contribution is 0.0696. The standard InChI is InChI=1S/C13H16N4O2/c1-8-11-6-9(13(18)19)7-15-12(11)16-17(8)10-2-4-14-5-3-10/h6-7,10,14H,2-5H2,1H3,(H,18,19). The van der Waals surface area contributed by atoms with Crippen LogP contribution < -0.4 is 5.32 Å². The summed E-state index contributed by atoms with van der Waals surface area (Å²) in [6.45, 7) is 3.97. The van der Waals surface area contributed by atoms with Gasteiger partial charge in [0.1, 0.15) is 0 Å². The van der Waals surface area contributed by atoms with E-state index in [-0.39, 0.29) is 5.56 Å². The summed E-state index contributed by atoms with van der Waals surface area (Å²) in [5.41, 5.74) is 1.83. The third kappa shape index (κ3) is 2.08. The Bertz CT molecular complexity index is 629. The summed E-state index contributed by atoms with van der Waals surface area (Å²) in [5.74, 6) is -0.955. The summed E-state index contributed by atoms with van der Waals surface area (Å²) in [7, 11) is 0. The van der Waals surface area contributed by atoms with Gasteiger partial charge in [-0.2, -0.15) is 5.10 Å². The lowest BCUT2D eigenvalue weighted by Crippen LogP contribution is -2.30. The Morgan fingerprint density at radius 3 is 2.89 bits per heavy atom. The van der Waals surface area contributed by atoms with Crippen LogP contribution in [-0.4, -0.2) is 38.9 Å². The number of nitrogens with zero attached hydrogens (tertiary/aromatic N) is 3. The van der Waals surface area contributed by atoms with E-state index in [1.165, 1.54) is 6.20 Å². The van der Waals surface area contributed by atoms with Gasteiger partial charge < -0.3 is 10.4 Å². The van der Waals surface area contributed by atoms with E-state index in [1.807, 2.05) is 11.6 Å². The van der Waals surface area contributed by atoms with E-state index in [0.717, 1.165) is 37.0 Å². The van der Waals surface area contributed by atoms with E-state index in [9.17, 15) is 4.79 Å². The monoisotopic (exact) mass is 260 g/mol. The van der Waals surface area contributed by atoms with Crippen molar-refractivity contribution in [1.29, 1.82) is 0 Å². The summed E-state index contributed by atoms with van der Waals surface area (Å²) in [6.07, 6.45) is 3.45. The predicted molar refractivity (Wildman–Crippen MR) is 70.4 cm³/mol. The third-order valence-corrected chi connectivity index (χ3v) is 3.70. The second-order valence-corrected chi connectivity index (χ2v) is 4.91. The molecule has 0 bridgehead atoms. The number of aryl methyl sites for hydroxylation is 1. The number of hydrogen-bond donors (Lipinski definition) is 2. The van der Waals surface area contributed by atoms with Crippen molar-refractivity contribution in [1.82, 2.24) is 20.1 Å². The number of carboxylic acids is 1. The lowest BCUT2D eigenvalue weighted by atomic mass is 10.1. The number of pyridine rings is 1. The number of rotatable bonds is 2. The van der Waals surface area contributed by atoms with Crippen LogP contribution in [-0.2, 0) is 0 Å². The van der Waals surface area contributed by atoms with Gasteiger partial charge in [-0.15, -0.1) is 0 Å². The smallest absolute Gasteiger partial charge is 0.337 e. The van der Waals surface area contributed by atoms with Gasteiger partial charge in [0.25, 0.3) is 0 Å². The number of nitrogens with one attached hydrogen (secondary N) is 1. The van der Waals surface area contributed by atoms with Crippen LogP contribution in [0.25, 0.3) is 11.0 Å². The topological polar surface area (TPSA) is 80.0 Å². The zero-order chi connectivity index (χ0) is 13.4. The quantitative estimate of drug-likeness (QED) is 0.852. The first kappa shape index (κ1) is 12.1. The van der Waals surface area contributed by atoms with Crippen LogP contribution in [0.3, 0.4) is 0 Å². The van der Waals surface area contributed by atoms with Gasteiger partial charge in [0, 0.05) is 17.3 Å². The molecule has 0 unspecified atom stereocenters. The van der Waals surface area contributed by atoms with Crippen molar-refractivity contribution in [2.45, 2.75) is 25.8 Å². The SMILES string of the molecule is Cc1c2cc(C(=O)O)cnc2nn1C1CCNCC1. The van der Waals surface area contributed by atoms with E-state index in [0.29, 0.717) is 11.7 Å². The van der Waals surface area contributed by atoms with Crippen molar-refractivity contribution in [2.75, 3.05) is 13.1 Å². The van der Waals surface area contributed by atoms with Crippen LogP contribution in [0.4, 0.5) is 0 Å². The minimum atomic E-state index is -0.955. The highest BCUT2D eigenvalue weighted by atomic mass is 16.4. The van der Waals surface area contributed by atoms with Crippen molar-refractivity contribution in [3.63, 3.8) is 0 Å². The van der Waals surface area contributed by atoms with Gasteiger partial charge in [0.2, 0.25) is 0 Å². The number of fused-ring (bicyclic) bond motifs is 1. The van der Waals surface area contributed by atoms with E-state index in [4.69, 9.17) is 5.11 Å². The lowest BCUT2D eigenvalue weighted by Gasteiger charge is -2.23. The number of carboxylic acid groups (broad SMARTS) is 1. The summed E-state index contributed by atoms with van der Waals surface area (Å²) < 4.78 is 2.00. The molecule has 0 saturated carbocycles. The second kappa shape index (κ2) is 4.62. The van der Waals surface area contributed by atoms with Crippen molar-refractivity contribution in [2.24, 2.45) is 0 Å². The maximum Gasteiger partial charge on any atom is 0.337 e. The number of hydrogen-bond acceptors (Lipinski definition) is 4. The molecule has 6 heteroatoms. The molecule has 1 aliphatic heterocycles. The van der Waals surface area contributed by atoms with Crippen molar-refractivity contribution >= 4 is 17.0 Å². The molecule has 19 heavy (non-hydrogen) atoms. The molecule has 2 aromatic rings. The molecule has 0 aromatic carbocycles. The van der Waals surface area contributed by atoms with Crippen LogP contribution in [0.15, 0.2) is 12.3 Å². The molecule has 3 rings (SSSR count). The average Bonchev–Trinajstić information content (AvgIpc) is 2.77. The zero-order valence-corrected chi connectivity index (χ0v) is 10.8. The first-order valence-electron chi connectivity index (χ1n) is 6.45. The molecule has 100 valence electrons. The van der Waals surface area contributed by atoms with Gasteiger partial charge in [-0.1, -0.05) is 0 Å². The predicted octanol–water partition coefficient (Wildman–Crippen LogP) is 1.36. The molecule has 2 N–H and O–H groups in total. The molecule has 0 radical (unpaired) electrons.